The molecule has 1 saturated heterocycles. The van der Waals surface area contributed by atoms with Gasteiger partial charge in [-0.05, 0) is 19.8 Å². The summed E-state index contributed by atoms with van der Waals surface area (Å²) in [5.41, 5.74) is 6.97. The molecule has 1 aromatic heterocycles. The molecule has 0 spiro atoms. The van der Waals surface area contributed by atoms with Crippen molar-refractivity contribution < 1.29 is 4.79 Å². The van der Waals surface area contributed by atoms with Gasteiger partial charge in [0.15, 0.2) is 5.13 Å². The molecule has 2 rings (SSSR count). The van der Waals surface area contributed by atoms with Crippen LogP contribution in [0.25, 0.3) is 0 Å². The fraction of sp³-hybridized carbons (Fsp3) is 0.667. The lowest BCUT2D eigenvalue weighted by Crippen LogP contribution is -2.45. The second-order valence-electron chi connectivity index (χ2n) is 4.93. The number of rotatable bonds is 3. The zero-order valence-corrected chi connectivity index (χ0v) is 11.7. The van der Waals surface area contributed by atoms with Crippen LogP contribution >= 0.6 is 11.3 Å². The van der Waals surface area contributed by atoms with E-state index in [1.807, 2.05) is 5.38 Å². The number of nitrogens with one attached hydrogen (secondary N) is 1. The van der Waals surface area contributed by atoms with E-state index in [2.05, 4.69) is 22.1 Å². The number of nitrogens with two attached hydrogens (primary N) is 1. The number of aromatic nitrogens is 1. The molecule has 18 heavy (non-hydrogen) atoms. The summed E-state index contributed by atoms with van der Waals surface area (Å²) in [5, 5.41) is 5.40. The Bertz CT molecular complexity index is 420. The van der Waals surface area contributed by atoms with Gasteiger partial charge in [0.2, 0.25) is 5.91 Å². The Hall–Kier alpha value is -0.980. The molecular formula is C12H20N4OS. The molecule has 2 atom stereocenters. The minimum Gasteiger partial charge on any atom is -0.328 e. The first-order valence-corrected chi connectivity index (χ1v) is 7.14. The monoisotopic (exact) mass is 268 g/mol. The maximum atomic E-state index is 10.9. The van der Waals surface area contributed by atoms with Crippen molar-refractivity contribution in [2.24, 2.45) is 5.73 Å². The summed E-state index contributed by atoms with van der Waals surface area (Å²) in [6.07, 6.45) is 2.09. The Kier molecular flexibility index (Phi) is 4.31. The zero-order chi connectivity index (χ0) is 13.1. The quantitative estimate of drug-likeness (QED) is 0.869. The van der Waals surface area contributed by atoms with E-state index in [4.69, 9.17) is 5.73 Å². The molecular weight excluding hydrogens is 248 g/mol. The van der Waals surface area contributed by atoms with Crippen molar-refractivity contribution in [3.8, 4) is 0 Å². The third-order valence-electron chi connectivity index (χ3n) is 3.25. The van der Waals surface area contributed by atoms with E-state index >= 15 is 0 Å². The molecule has 100 valence electrons. The first-order chi connectivity index (χ1) is 8.54. The number of piperidine rings is 1. The van der Waals surface area contributed by atoms with Gasteiger partial charge in [-0.3, -0.25) is 9.69 Å². The van der Waals surface area contributed by atoms with Gasteiger partial charge in [-0.25, -0.2) is 4.98 Å². The van der Waals surface area contributed by atoms with E-state index < -0.39 is 0 Å². The van der Waals surface area contributed by atoms with Crippen LogP contribution in [0.2, 0.25) is 0 Å². The Morgan fingerprint density at radius 2 is 2.50 bits per heavy atom. The van der Waals surface area contributed by atoms with Crippen LogP contribution < -0.4 is 11.1 Å². The molecule has 0 radical (unpaired) electrons. The summed E-state index contributed by atoms with van der Waals surface area (Å²) in [6, 6.07) is 0.835. The average Bonchev–Trinajstić information content (AvgIpc) is 2.69. The number of anilines is 1. The number of thiazole rings is 1. The number of hydrogen-bond acceptors (Lipinski definition) is 5. The number of likely N-dealkylation sites (tertiary alicyclic amines) is 1. The number of carbonyl (C=O) groups excluding carboxylic acids is 1. The van der Waals surface area contributed by atoms with E-state index in [1.165, 1.54) is 18.3 Å². The molecule has 1 fully saturated rings. The first kappa shape index (κ1) is 13.5. The van der Waals surface area contributed by atoms with E-state index in [-0.39, 0.29) is 5.91 Å². The molecule has 1 amide bonds. The van der Waals surface area contributed by atoms with Gasteiger partial charge in [0.05, 0.1) is 5.69 Å². The van der Waals surface area contributed by atoms with Crippen LogP contribution in [-0.4, -0.2) is 34.4 Å². The molecule has 0 aliphatic carbocycles. The summed E-state index contributed by atoms with van der Waals surface area (Å²) in [5.74, 6) is -0.0757. The van der Waals surface area contributed by atoms with Crippen molar-refractivity contribution in [2.75, 3.05) is 11.9 Å². The van der Waals surface area contributed by atoms with Crippen molar-refractivity contribution in [2.45, 2.75) is 45.3 Å². The molecule has 2 heterocycles. The van der Waals surface area contributed by atoms with Crippen LogP contribution in [0.5, 0.6) is 0 Å². The molecule has 3 N–H and O–H groups in total. The van der Waals surface area contributed by atoms with Crippen molar-refractivity contribution in [3.05, 3.63) is 11.1 Å². The maximum Gasteiger partial charge on any atom is 0.223 e. The van der Waals surface area contributed by atoms with E-state index in [9.17, 15) is 4.79 Å². The fourth-order valence-electron chi connectivity index (χ4n) is 2.29. The molecule has 5 nitrogen and oxygen atoms in total. The van der Waals surface area contributed by atoms with E-state index in [1.54, 1.807) is 0 Å². The van der Waals surface area contributed by atoms with E-state index in [0.717, 1.165) is 31.6 Å². The maximum absolute atomic E-state index is 10.9. The summed E-state index contributed by atoms with van der Waals surface area (Å²) < 4.78 is 0. The molecule has 1 aromatic rings. The van der Waals surface area contributed by atoms with Crippen molar-refractivity contribution in [3.63, 3.8) is 0 Å². The summed E-state index contributed by atoms with van der Waals surface area (Å²) in [7, 11) is 0. The Labute approximate surface area is 111 Å². The van der Waals surface area contributed by atoms with Crippen molar-refractivity contribution in [1.29, 1.82) is 0 Å². The van der Waals surface area contributed by atoms with Crippen LogP contribution in [0.15, 0.2) is 5.38 Å². The Morgan fingerprint density at radius 3 is 3.17 bits per heavy atom. The number of hydrogen-bond donors (Lipinski definition) is 2. The van der Waals surface area contributed by atoms with Gasteiger partial charge < -0.3 is 11.1 Å². The van der Waals surface area contributed by atoms with Crippen LogP contribution in [0.3, 0.4) is 0 Å². The van der Waals surface area contributed by atoms with Crippen LogP contribution in [-0.2, 0) is 11.3 Å². The van der Waals surface area contributed by atoms with Gasteiger partial charge in [0, 0.05) is 37.5 Å². The van der Waals surface area contributed by atoms with Gasteiger partial charge in [-0.15, -0.1) is 11.3 Å². The average molecular weight is 268 g/mol. The van der Waals surface area contributed by atoms with Gasteiger partial charge in [-0.1, -0.05) is 0 Å². The standard InChI is InChI=1S/C12H20N4OS/c1-8-5-10(13)3-4-16(8)6-11-7-18-12(15-11)14-9(2)17/h7-8,10H,3-6,13H2,1-2H3,(H,14,15,17). The third kappa shape index (κ3) is 3.51. The largest absolute Gasteiger partial charge is 0.328 e. The lowest BCUT2D eigenvalue weighted by atomic mass is 9.99. The minimum absolute atomic E-state index is 0.0757. The molecule has 0 saturated carbocycles. The van der Waals surface area contributed by atoms with E-state index in [0.29, 0.717) is 17.2 Å². The molecule has 1 aliphatic rings. The highest BCUT2D eigenvalue weighted by atomic mass is 32.1. The van der Waals surface area contributed by atoms with Crippen LogP contribution in [0.1, 0.15) is 32.4 Å². The van der Waals surface area contributed by atoms with Crippen molar-refractivity contribution >= 4 is 22.4 Å². The lowest BCUT2D eigenvalue weighted by Gasteiger charge is -2.35. The third-order valence-corrected chi connectivity index (χ3v) is 4.06. The lowest BCUT2D eigenvalue weighted by molar-refractivity contribution is -0.114. The Morgan fingerprint density at radius 1 is 1.72 bits per heavy atom. The molecule has 2 unspecified atom stereocenters. The van der Waals surface area contributed by atoms with Crippen LogP contribution in [0.4, 0.5) is 5.13 Å². The smallest absolute Gasteiger partial charge is 0.223 e. The highest BCUT2D eigenvalue weighted by molar-refractivity contribution is 7.13. The minimum atomic E-state index is -0.0757. The SMILES string of the molecule is CC(=O)Nc1nc(CN2CCC(N)CC2C)cs1. The number of amides is 1. The summed E-state index contributed by atoms with van der Waals surface area (Å²) in [4.78, 5) is 17.7. The molecule has 0 aromatic carbocycles. The van der Waals surface area contributed by atoms with Gasteiger partial charge in [0.1, 0.15) is 0 Å². The zero-order valence-electron chi connectivity index (χ0n) is 10.8. The number of nitrogens with zero attached hydrogens (tertiary/aromatic N) is 2. The fourth-order valence-corrected chi connectivity index (χ4v) is 3.04. The summed E-state index contributed by atoms with van der Waals surface area (Å²) in [6.45, 7) is 5.56. The van der Waals surface area contributed by atoms with Gasteiger partial charge in [0.25, 0.3) is 0 Å². The first-order valence-electron chi connectivity index (χ1n) is 6.26. The second-order valence-corrected chi connectivity index (χ2v) is 5.79. The van der Waals surface area contributed by atoms with Gasteiger partial charge >= 0.3 is 0 Å². The normalized spacial score (nSPS) is 25.1. The predicted octanol–water partition coefficient (Wildman–Crippen LogP) is 1.41. The molecule has 0 bridgehead atoms. The highest BCUT2D eigenvalue weighted by Crippen LogP contribution is 2.21. The topological polar surface area (TPSA) is 71.2 Å². The van der Waals surface area contributed by atoms with Gasteiger partial charge in [-0.2, -0.15) is 0 Å². The molecule has 6 heteroatoms. The van der Waals surface area contributed by atoms with Crippen LogP contribution in [0, 0.1) is 0 Å². The Balaban J connectivity index is 1.92. The van der Waals surface area contributed by atoms with Crippen molar-refractivity contribution in [1.82, 2.24) is 9.88 Å². The highest BCUT2D eigenvalue weighted by Gasteiger charge is 2.23. The predicted molar refractivity (Wildman–Crippen MR) is 73.5 cm³/mol. The summed E-state index contributed by atoms with van der Waals surface area (Å²) >= 11 is 1.47. The molecule has 1 aliphatic heterocycles. The second kappa shape index (κ2) is 5.77. The number of carbonyl (C=O) groups is 1.